The van der Waals surface area contributed by atoms with E-state index in [0.717, 1.165) is 0 Å². The van der Waals surface area contributed by atoms with Gasteiger partial charge in [0, 0.05) is 0 Å². The number of aliphatic imine (C=N–C) groups is 1. The third kappa shape index (κ3) is 2.06. The Morgan fingerprint density at radius 1 is 1.61 bits per heavy atom. The molecule has 0 bridgehead atoms. The number of imidazole rings is 1. The van der Waals surface area contributed by atoms with Crippen molar-refractivity contribution in [3.63, 3.8) is 0 Å². The lowest BCUT2D eigenvalue weighted by Crippen LogP contribution is -2.52. The summed E-state index contributed by atoms with van der Waals surface area (Å²) in [6, 6.07) is 0. The molecule has 0 aromatic carbocycles. The van der Waals surface area contributed by atoms with Crippen LogP contribution in [0.2, 0.25) is 0 Å². The van der Waals surface area contributed by atoms with Gasteiger partial charge >= 0.3 is 0 Å². The van der Waals surface area contributed by atoms with Gasteiger partial charge in [-0.2, -0.15) is 4.99 Å². The molecule has 0 unspecified atom stereocenters. The van der Waals surface area contributed by atoms with Crippen molar-refractivity contribution in [1.82, 2.24) is 14.9 Å². The summed E-state index contributed by atoms with van der Waals surface area (Å²) in [6.07, 6.45) is -1.56. The van der Waals surface area contributed by atoms with Gasteiger partial charge in [0.15, 0.2) is 23.6 Å². The highest BCUT2D eigenvalue weighted by molar-refractivity contribution is 5.93. The average Bonchev–Trinajstić information content (AvgIpc) is 2.99. The number of aliphatic hydroxyl groups excluding tert-OH is 2. The largest absolute Gasteiger partial charge is 0.393 e. The van der Waals surface area contributed by atoms with E-state index in [9.17, 15) is 19.7 Å². The first kappa shape index (κ1) is 15.9. The lowest BCUT2D eigenvalue weighted by molar-refractivity contribution is -0.138. The highest BCUT2D eigenvalue weighted by atomic mass is 19.1. The van der Waals surface area contributed by atoms with Crippen LogP contribution in [-0.4, -0.2) is 61.4 Å². The highest BCUT2D eigenvalue weighted by Crippen LogP contribution is 2.46. The maximum atomic E-state index is 13.4. The number of rotatable bonds is 3. The lowest BCUT2D eigenvalue weighted by atomic mass is 9.88. The smallest absolute Gasteiger partial charge is 0.199 e. The maximum Gasteiger partial charge on any atom is 0.199 e. The van der Waals surface area contributed by atoms with Crippen LogP contribution in [0, 0.1) is 0 Å². The maximum absolute atomic E-state index is 13.4. The van der Waals surface area contributed by atoms with Crippen LogP contribution in [0.4, 0.5) is 10.2 Å². The van der Waals surface area contributed by atoms with Gasteiger partial charge in [-0.25, -0.2) is 9.37 Å². The molecule has 6 N–H and O–H groups in total. The van der Waals surface area contributed by atoms with Crippen molar-refractivity contribution in [2.24, 2.45) is 10.7 Å². The number of halogens is 1. The molecule has 0 radical (unpaired) electrons. The number of aromatic nitrogens is 2. The summed E-state index contributed by atoms with van der Waals surface area (Å²) in [5, 5.41) is 33.0. The van der Waals surface area contributed by atoms with Gasteiger partial charge in [0.05, 0.1) is 18.6 Å². The van der Waals surface area contributed by atoms with Crippen LogP contribution >= 0.6 is 0 Å². The van der Waals surface area contributed by atoms with Gasteiger partial charge < -0.3 is 31.1 Å². The first-order chi connectivity index (χ1) is 10.8. The summed E-state index contributed by atoms with van der Waals surface area (Å²) in [5.74, 6) is 0.317. The molecule has 126 valence electrons. The van der Waals surface area contributed by atoms with E-state index < -0.39 is 36.8 Å². The summed E-state index contributed by atoms with van der Waals surface area (Å²) in [6.45, 7) is 3.07. The Hall–Kier alpha value is -2.01. The normalized spacial score (nSPS) is 36.6. The Kier molecular flexibility index (Phi) is 3.45. The van der Waals surface area contributed by atoms with Gasteiger partial charge in [-0.15, -0.1) is 0 Å². The number of fused-ring (bicyclic) bond motifs is 1. The van der Waals surface area contributed by atoms with E-state index in [-0.39, 0.29) is 11.8 Å². The van der Waals surface area contributed by atoms with E-state index >= 15 is 0 Å². The zero-order chi connectivity index (χ0) is 17.0. The molecule has 2 aliphatic heterocycles. The summed E-state index contributed by atoms with van der Waals surface area (Å²) in [5.41, 5.74) is 2.63. The van der Waals surface area contributed by atoms with Crippen LogP contribution in [0.15, 0.2) is 17.9 Å². The molecule has 10 heteroatoms. The third-order valence-electron chi connectivity index (χ3n) is 4.20. The molecule has 1 fully saturated rings. The number of alkyl halides is 1. The van der Waals surface area contributed by atoms with Crippen molar-refractivity contribution in [3.8, 4) is 0 Å². The number of guanidine groups is 1. The van der Waals surface area contributed by atoms with Gasteiger partial charge in [-0.3, -0.25) is 4.57 Å². The SMILES string of the molecule is C=C1NC(N)=Nc2c1ncn2[C@@H]1O[C@@](CO)(CF)[C@@H](O)[C@@]1(C)O. The predicted octanol–water partition coefficient (Wildman–Crippen LogP) is -1.26. The summed E-state index contributed by atoms with van der Waals surface area (Å²) in [7, 11) is 0. The first-order valence-corrected chi connectivity index (χ1v) is 6.89. The van der Waals surface area contributed by atoms with E-state index in [1.165, 1.54) is 17.8 Å². The number of hydrogen-bond acceptors (Lipinski definition) is 8. The minimum absolute atomic E-state index is 0.0707. The molecule has 0 spiro atoms. The van der Waals surface area contributed by atoms with E-state index in [2.05, 4.69) is 21.9 Å². The fraction of sp³-hybridized carbons (Fsp3) is 0.538. The molecule has 3 heterocycles. The Balaban J connectivity index is 2.09. The monoisotopic (exact) mass is 327 g/mol. The molecule has 3 rings (SSSR count). The molecular weight excluding hydrogens is 309 g/mol. The second-order valence-corrected chi connectivity index (χ2v) is 5.88. The fourth-order valence-electron chi connectivity index (χ4n) is 2.89. The second kappa shape index (κ2) is 4.99. The van der Waals surface area contributed by atoms with Crippen LogP contribution in [0.25, 0.3) is 5.70 Å². The number of nitrogens with zero attached hydrogens (tertiary/aromatic N) is 3. The van der Waals surface area contributed by atoms with Gasteiger partial charge in [0.2, 0.25) is 0 Å². The minimum atomic E-state index is -1.93. The van der Waals surface area contributed by atoms with Crippen molar-refractivity contribution in [1.29, 1.82) is 0 Å². The number of ether oxygens (including phenoxy) is 1. The molecule has 0 aliphatic carbocycles. The fourth-order valence-corrected chi connectivity index (χ4v) is 2.89. The predicted molar refractivity (Wildman–Crippen MR) is 78.2 cm³/mol. The molecular formula is C13H18FN5O4. The van der Waals surface area contributed by atoms with Gasteiger partial charge in [-0.05, 0) is 6.92 Å². The molecule has 4 atom stereocenters. The molecule has 1 aromatic heterocycles. The molecule has 23 heavy (non-hydrogen) atoms. The van der Waals surface area contributed by atoms with Crippen molar-refractivity contribution in [2.75, 3.05) is 13.3 Å². The van der Waals surface area contributed by atoms with Gasteiger partial charge in [0.1, 0.15) is 24.1 Å². The summed E-state index contributed by atoms with van der Waals surface area (Å²) in [4.78, 5) is 8.20. The molecule has 1 aromatic rings. The van der Waals surface area contributed by atoms with Crippen LogP contribution < -0.4 is 11.1 Å². The second-order valence-electron chi connectivity index (χ2n) is 5.88. The molecule has 9 nitrogen and oxygen atoms in total. The quantitative estimate of drug-likeness (QED) is 0.467. The Morgan fingerprint density at radius 3 is 2.87 bits per heavy atom. The van der Waals surface area contributed by atoms with Crippen molar-refractivity contribution in [3.05, 3.63) is 18.6 Å². The summed E-state index contributed by atoms with van der Waals surface area (Å²) < 4.78 is 20.2. The van der Waals surface area contributed by atoms with Crippen LogP contribution in [0.1, 0.15) is 18.8 Å². The van der Waals surface area contributed by atoms with E-state index in [0.29, 0.717) is 11.4 Å². The zero-order valence-electron chi connectivity index (χ0n) is 12.4. The van der Waals surface area contributed by atoms with Crippen molar-refractivity contribution >= 4 is 17.5 Å². The molecule has 0 amide bonds. The van der Waals surface area contributed by atoms with Crippen LogP contribution in [-0.2, 0) is 4.74 Å². The van der Waals surface area contributed by atoms with Crippen LogP contribution in [0.5, 0.6) is 0 Å². The zero-order valence-corrected chi connectivity index (χ0v) is 12.4. The number of aliphatic hydroxyl groups is 3. The van der Waals surface area contributed by atoms with Crippen molar-refractivity contribution < 1.29 is 24.4 Å². The number of hydrogen-bond donors (Lipinski definition) is 5. The lowest BCUT2D eigenvalue weighted by Gasteiger charge is -2.29. The minimum Gasteiger partial charge on any atom is -0.393 e. The van der Waals surface area contributed by atoms with Crippen molar-refractivity contribution in [2.45, 2.75) is 30.5 Å². The van der Waals surface area contributed by atoms with E-state index in [1.807, 2.05) is 0 Å². The molecule has 0 saturated carbocycles. The Labute approximate surface area is 130 Å². The third-order valence-corrected chi connectivity index (χ3v) is 4.20. The standard InChI is InChI=1S/C13H18FN5O4/c1-6-7-8(18-11(15)17-6)19(5-16-7)10-12(2,22)9(21)13(3-14,4-20)23-10/h5,9-10,20-22H,1,3-4H2,2H3,(H3,15,17,18)/t9-,10+,12+,13+/m0/s1. The van der Waals surface area contributed by atoms with Crippen LogP contribution in [0.3, 0.4) is 0 Å². The molecule has 1 saturated heterocycles. The molecule has 2 aliphatic rings. The first-order valence-electron chi connectivity index (χ1n) is 6.89. The van der Waals surface area contributed by atoms with E-state index in [4.69, 9.17) is 10.5 Å². The van der Waals surface area contributed by atoms with Gasteiger partial charge in [-0.1, -0.05) is 6.58 Å². The number of nitrogens with two attached hydrogens (primary N) is 1. The highest BCUT2D eigenvalue weighted by Gasteiger charge is 2.62. The Bertz CT molecular complexity index is 682. The summed E-state index contributed by atoms with van der Waals surface area (Å²) >= 11 is 0. The topological polar surface area (TPSA) is 138 Å². The number of nitrogens with one attached hydrogen (secondary N) is 1. The average molecular weight is 327 g/mol. The van der Waals surface area contributed by atoms with E-state index in [1.54, 1.807) is 0 Å². The Morgan fingerprint density at radius 2 is 2.30 bits per heavy atom. The van der Waals surface area contributed by atoms with Gasteiger partial charge in [0.25, 0.3) is 0 Å².